The van der Waals surface area contributed by atoms with Gasteiger partial charge in [-0.2, -0.15) is 0 Å². The Morgan fingerprint density at radius 2 is 1.79 bits per heavy atom. The minimum atomic E-state index is -0.951. The number of amides is 1. The second-order valence-corrected chi connectivity index (χ2v) is 9.11. The number of carbonyl (C=O) groups excluding carboxylic acids is 1. The largest absolute Gasteiger partial charge is 0.481 e. The lowest BCUT2D eigenvalue weighted by Crippen LogP contribution is -2.12. The predicted octanol–water partition coefficient (Wildman–Crippen LogP) is 5.93. The Morgan fingerprint density at radius 3 is 2.56 bits per heavy atom. The summed E-state index contributed by atoms with van der Waals surface area (Å²) in [5.41, 5.74) is 3.23. The zero-order chi connectivity index (χ0) is 24.2. The molecule has 0 unspecified atom stereocenters. The van der Waals surface area contributed by atoms with E-state index in [9.17, 15) is 9.59 Å². The molecule has 0 saturated heterocycles. The number of aliphatic carboxylic acids is 1. The van der Waals surface area contributed by atoms with Crippen LogP contribution in [-0.2, 0) is 24.2 Å². The van der Waals surface area contributed by atoms with E-state index in [0.717, 1.165) is 17.8 Å². The smallest absolute Gasteiger partial charge is 0.309 e. The maximum absolute atomic E-state index is 12.5. The highest BCUT2D eigenvalue weighted by atomic mass is 32.1. The Balaban J connectivity index is 1.49. The number of hydrogen-bond donors (Lipinski definition) is 3. The van der Waals surface area contributed by atoms with Gasteiger partial charge in [0, 0.05) is 23.7 Å². The van der Waals surface area contributed by atoms with Gasteiger partial charge in [0.2, 0.25) is 0 Å². The van der Waals surface area contributed by atoms with Crippen LogP contribution in [0.4, 0.5) is 10.9 Å². The highest BCUT2D eigenvalue weighted by Gasteiger charge is 2.11. The molecular weight excluding hydrogens is 448 g/mol. The summed E-state index contributed by atoms with van der Waals surface area (Å²) >= 11 is 1.21. The third kappa shape index (κ3) is 8.26. The molecular formula is C26H32N4O3S. The Hall–Kier alpha value is -3.26. The van der Waals surface area contributed by atoms with Crippen LogP contribution in [0.1, 0.15) is 72.6 Å². The van der Waals surface area contributed by atoms with Gasteiger partial charge in [0.05, 0.1) is 12.1 Å². The molecule has 3 aromatic rings. The number of benzene rings is 1. The first-order chi connectivity index (χ1) is 16.5. The molecule has 1 amide bonds. The van der Waals surface area contributed by atoms with Crippen molar-refractivity contribution in [3.8, 4) is 0 Å². The number of anilines is 2. The van der Waals surface area contributed by atoms with Crippen LogP contribution in [0.2, 0.25) is 0 Å². The fourth-order valence-electron chi connectivity index (χ4n) is 3.62. The number of thiazole rings is 1. The van der Waals surface area contributed by atoms with E-state index in [1.54, 1.807) is 23.7 Å². The number of nitrogens with zero attached hydrogens (tertiary/aromatic N) is 2. The molecule has 180 valence electrons. The van der Waals surface area contributed by atoms with Gasteiger partial charge in [0.15, 0.2) is 5.13 Å². The van der Waals surface area contributed by atoms with Crippen molar-refractivity contribution in [3.05, 3.63) is 70.4 Å². The van der Waals surface area contributed by atoms with E-state index >= 15 is 0 Å². The Bertz CT molecular complexity index is 1070. The molecule has 8 heteroatoms. The van der Waals surface area contributed by atoms with E-state index < -0.39 is 5.97 Å². The quantitative estimate of drug-likeness (QED) is 0.247. The number of aromatic nitrogens is 2. The molecule has 34 heavy (non-hydrogen) atoms. The first-order valence-electron chi connectivity index (χ1n) is 11.8. The molecule has 0 bridgehead atoms. The van der Waals surface area contributed by atoms with Crippen molar-refractivity contribution < 1.29 is 14.7 Å². The SMILES string of the molecule is CCCCCCCCc1cccnc1NCc1ccc(C(=O)Nc2nc(CC(=O)O)cs2)cc1. The second kappa shape index (κ2) is 13.4. The van der Waals surface area contributed by atoms with E-state index in [-0.39, 0.29) is 12.3 Å². The number of hydrogen-bond acceptors (Lipinski definition) is 6. The first kappa shape index (κ1) is 25.4. The van der Waals surface area contributed by atoms with Gasteiger partial charge in [-0.15, -0.1) is 11.3 Å². The summed E-state index contributed by atoms with van der Waals surface area (Å²) in [6.45, 7) is 2.85. The van der Waals surface area contributed by atoms with Gasteiger partial charge >= 0.3 is 5.97 Å². The number of carboxylic acid groups (broad SMARTS) is 1. The monoisotopic (exact) mass is 480 g/mol. The van der Waals surface area contributed by atoms with Gasteiger partial charge in [-0.1, -0.05) is 57.2 Å². The van der Waals surface area contributed by atoms with Crippen molar-refractivity contribution in [3.63, 3.8) is 0 Å². The molecule has 0 aliphatic heterocycles. The summed E-state index contributed by atoms with van der Waals surface area (Å²) < 4.78 is 0. The molecule has 3 rings (SSSR count). The number of unbranched alkanes of at least 4 members (excludes halogenated alkanes) is 5. The highest BCUT2D eigenvalue weighted by molar-refractivity contribution is 7.14. The molecule has 0 fully saturated rings. The molecule has 0 aliphatic rings. The van der Waals surface area contributed by atoms with Crippen molar-refractivity contribution in [1.29, 1.82) is 0 Å². The molecule has 0 aliphatic carbocycles. The summed E-state index contributed by atoms with van der Waals surface area (Å²) in [5, 5.41) is 17.0. The number of rotatable bonds is 14. The fraction of sp³-hybridized carbons (Fsp3) is 0.385. The zero-order valence-electron chi connectivity index (χ0n) is 19.5. The third-order valence-corrected chi connectivity index (χ3v) is 6.28. The summed E-state index contributed by atoms with van der Waals surface area (Å²) in [7, 11) is 0. The van der Waals surface area contributed by atoms with Crippen LogP contribution in [0.15, 0.2) is 48.0 Å². The normalized spacial score (nSPS) is 10.7. The van der Waals surface area contributed by atoms with Crippen molar-refractivity contribution in [2.45, 2.75) is 64.8 Å². The molecule has 0 saturated carbocycles. The second-order valence-electron chi connectivity index (χ2n) is 8.25. The van der Waals surface area contributed by atoms with Crippen LogP contribution in [0, 0.1) is 0 Å². The zero-order valence-corrected chi connectivity index (χ0v) is 20.4. The lowest BCUT2D eigenvalue weighted by molar-refractivity contribution is -0.136. The maximum Gasteiger partial charge on any atom is 0.309 e. The molecule has 2 heterocycles. The molecule has 1 aromatic carbocycles. The van der Waals surface area contributed by atoms with Gasteiger partial charge in [-0.3, -0.25) is 14.9 Å². The van der Waals surface area contributed by atoms with Crippen molar-refractivity contribution in [1.82, 2.24) is 9.97 Å². The molecule has 0 atom stereocenters. The van der Waals surface area contributed by atoms with Crippen LogP contribution in [0.25, 0.3) is 0 Å². The third-order valence-electron chi connectivity index (χ3n) is 5.47. The fourth-order valence-corrected chi connectivity index (χ4v) is 4.33. The van der Waals surface area contributed by atoms with Crippen molar-refractivity contribution >= 4 is 34.2 Å². The van der Waals surface area contributed by atoms with Gasteiger partial charge in [0.1, 0.15) is 5.82 Å². The molecule has 0 spiro atoms. The lowest BCUT2D eigenvalue weighted by atomic mass is 10.1. The van der Waals surface area contributed by atoms with Crippen LogP contribution in [0.5, 0.6) is 0 Å². The standard InChI is InChI=1S/C26H32N4O3S/c1-2-3-4-5-6-7-9-20-10-8-15-27-24(20)28-17-19-11-13-21(14-12-19)25(33)30-26-29-22(18-34-26)16-23(31)32/h8,10-15,18H,2-7,9,16-17H2,1H3,(H,27,28)(H,31,32)(H,29,30,33). The van der Waals surface area contributed by atoms with Crippen molar-refractivity contribution in [2.24, 2.45) is 0 Å². The summed E-state index contributed by atoms with van der Waals surface area (Å²) in [5.74, 6) is -0.312. The minimum absolute atomic E-state index is 0.162. The van der Waals surface area contributed by atoms with Gasteiger partial charge < -0.3 is 10.4 Å². The Labute approximate surface area is 204 Å². The van der Waals surface area contributed by atoms with Gasteiger partial charge in [-0.05, 0) is 42.2 Å². The van der Waals surface area contributed by atoms with Crippen molar-refractivity contribution in [2.75, 3.05) is 10.6 Å². The molecule has 7 nitrogen and oxygen atoms in total. The van der Waals surface area contributed by atoms with E-state index in [0.29, 0.717) is 22.9 Å². The molecule has 2 aromatic heterocycles. The maximum atomic E-state index is 12.5. The average Bonchev–Trinajstić information content (AvgIpc) is 3.26. The lowest BCUT2D eigenvalue weighted by Gasteiger charge is -2.11. The number of aryl methyl sites for hydroxylation is 1. The highest BCUT2D eigenvalue weighted by Crippen LogP contribution is 2.19. The number of pyridine rings is 1. The van der Waals surface area contributed by atoms with E-state index in [2.05, 4.69) is 33.6 Å². The van der Waals surface area contributed by atoms with Crippen LogP contribution >= 0.6 is 11.3 Å². The average molecular weight is 481 g/mol. The predicted molar refractivity (Wildman–Crippen MR) is 136 cm³/mol. The number of carboxylic acids is 1. The van der Waals surface area contributed by atoms with E-state index in [1.807, 2.05) is 18.2 Å². The minimum Gasteiger partial charge on any atom is -0.481 e. The summed E-state index contributed by atoms with van der Waals surface area (Å²) in [6.07, 6.45) is 10.3. The number of carbonyl (C=O) groups is 2. The van der Waals surface area contributed by atoms with Gasteiger partial charge in [0.25, 0.3) is 5.91 Å². The molecule has 0 radical (unpaired) electrons. The van der Waals surface area contributed by atoms with E-state index in [4.69, 9.17) is 5.11 Å². The molecule has 3 N–H and O–H groups in total. The van der Waals surface area contributed by atoms with Crippen LogP contribution < -0.4 is 10.6 Å². The first-order valence-corrected chi connectivity index (χ1v) is 12.7. The summed E-state index contributed by atoms with van der Waals surface area (Å²) in [4.78, 5) is 31.9. The van der Waals surface area contributed by atoms with Crippen LogP contribution in [0.3, 0.4) is 0 Å². The summed E-state index contributed by atoms with van der Waals surface area (Å²) in [6, 6.07) is 11.5. The Kier molecular flexibility index (Phi) is 10.0. The van der Waals surface area contributed by atoms with Gasteiger partial charge in [-0.25, -0.2) is 9.97 Å². The number of nitrogens with one attached hydrogen (secondary N) is 2. The topological polar surface area (TPSA) is 104 Å². The van der Waals surface area contributed by atoms with E-state index in [1.165, 1.54) is 55.4 Å². The Morgan fingerprint density at radius 1 is 1.03 bits per heavy atom. The van der Waals surface area contributed by atoms with Crippen LogP contribution in [-0.4, -0.2) is 27.0 Å².